The van der Waals surface area contributed by atoms with Crippen LogP contribution in [0.15, 0.2) is 46.9 Å². The highest BCUT2D eigenvalue weighted by Gasteiger charge is 2.29. The number of thiazole rings is 1. The van der Waals surface area contributed by atoms with E-state index in [2.05, 4.69) is 45.9 Å². The van der Waals surface area contributed by atoms with Gasteiger partial charge in [0.2, 0.25) is 5.89 Å². The first kappa shape index (κ1) is 15.3. The number of hydrogen-bond acceptors (Lipinski definition) is 4. The highest BCUT2D eigenvalue weighted by molar-refractivity contribution is 7.18. The summed E-state index contributed by atoms with van der Waals surface area (Å²) >= 11 is 1.77. The molecule has 0 fully saturated rings. The van der Waals surface area contributed by atoms with Gasteiger partial charge in [0.25, 0.3) is 0 Å². The molecule has 0 saturated carbocycles. The molecule has 0 saturated heterocycles. The van der Waals surface area contributed by atoms with Gasteiger partial charge in [-0.15, -0.1) is 11.3 Å². The third-order valence-electron chi connectivity index (χ3n) is 4.45. The Bertz CT molecular complexity index is 993. The quantitative estimate of drug-likeness (QED) is 0.468. The first-order valence-electron chi connectivity index (χ1n) is 8.22. The van der Waals surface area contributed by atoms with Gasteiger partial charge in [-0.05, 0) is 43.7 Å². The van der Waals surface area contributed by atoms with Crippen LogP contribution in [0.25, 0.3) is 21.3 Å². The topological polar surface area (TPSA) is 38.9 Å². The Morgan fingerprint density at radius 2 is 1.79 bits per heavy atom. The van der Waals surface area contributed by atoms with Crippen LogP contribution in [-0.2, 0) is 5.41 Å². The largest absolute Gasteiger partial charge is 0.440 e. The first-order chi connectivity index (χ1) is 11.4. The molecular formula is C20H20N2OS. The number of para-hydroxylation sites is 2. The molecule has 2 aromatic heterocycles. The summed E-state index contributed by atoms with van der Waals surface area (Å²) in [6.45, 7) is 8.67. The summed E-state index contributed by atoms with van der Waals surface area (Å²) in [6.07, 6.45) is 0. The maximum absolute atomic E-state index is 6.02. The first-order valence-corrected chi connectivity index (χ1v) is 9.04. The smallest absolute Gasteiger partial charge is 0.205 e. The van der Waals surface area contributed by atoms with Crippen molar-refractivity contribution in [2.24, 2.45) is 0 Å². The van der Waals surface area contributed by atoms with E-state index in [0.29, 0.717) is 5.92 Å². The van der Waals surface area contributed by atoms with E-state index in [4.69, 9.17) is 14.4 Å². The maximum Gasteiger partial charge on any atom is 0.205 e. The Kier molecular flexibility index (Phi) is 3.46. The lowest BCUT2D eigenvalue weighted by Crippen LogP contribution is -2.19. The standard InChI is InChI=1S/C20H20N2OS/c1-12(2)18-21-15-10-9-13(11-17(15)24-18)20(3,4)19-22-14-7-5-6-8-16(14)23-19/h5-12H,1-4H3. The SMILES string of the molecule is CC(C)c1nc2ccc(C(C)(C)c3nc4ccccc4o3)cc2s1. The number of oxazole rings is 1. The van der Waals surface area contributed by atoms with E-state index in [9.17, 15) is 0 Å². The predicted octanol–water partition coefficient (Wildman–Crippen LogP) is 5.89. The van der Waals surface area contributed by atoms with Gasteiger partial charge in [0.15, 0.2) is 5.58 Å². The average molecular weight is 336 g/mol. The van der Waals surface area contributed by atoms with Crippen LogP contribution in [0.4, 0.5) is 0 Å². The molecule has 2 aromatic carbocycles. The third-order valence-corrected chi connectivity index (χ3v) is 5.77. The van der Waals surface area contributed by atoms with Gasteiger partial charge in [0, 0.05) is 5.92 Å². The van der Waals surface area contributed by atoms with Gasteiger partial charge in [-0.3, -0.25) is 0 Å². The molecule has 0 atom stereocenters. The number of nitrogens with zero attached hydrogens (tertiary/aromatic N) is 2. The van der Waals surface area contributed by atoms with Crippen molar-refractivity contribution in [2.75, 3.05) is 0 Å². The summed E-state index contributed by atoms with van der Waals surface area (Å²) in [5.41, 5.74) is 3.71. The van der Waals surface area contributed by atoms with Crippen molar-refractivity contribution < 1.29 is 4.42 Å². The molecule has 0 unspecified atom stereocenters. The van der Waals surface area contributed by atoms with Crippen LogP contribution in [0.1, 0.15) is 50.1 Å². The van der Waals surface area contributed by atoms with Gasteiger partial charge < -0.3 is 4.42 Å². The molecule has 0 N–H and O–H groups in total. The maximum atomic E-state index is 6.02. The van der Waals surface area contributed by atoms with E-state index in [0.717, 1.165) is 22.5 Å². The average Bonchev–Trinajstić information content (AvgIpc) is 3.18. The Hall–Kier alpha value is -2.20. The normalized spacial score (nSPS) is 12.5. The molecule has 0 amide bonds. The molecule has 0 bridgehead atoms. The molecule has 4 rings (SSSR count). The molecule has 0 radical (unpaired) electrons. The zero-order chi connectivity index (χ0) is 16.9. The zero-order valence-corrected chi connectivity index (χ0v) is 15.1. The Morgan fingerprint density at radius 1 is 1.00 bits per heavy atom. The van der Waals surface area contributed by atoms with Crippen molar-refractivity contribution in [3.8, 4) is 0 Å². The van der Waals surface area contributed by atoms with Crippen molar-refractivity contribution in [3.63, 3.8) is 0 Å². The second-order valence-electron chi connectivity index (χ2n) is 7.00. The van der Waals surface area contributed by atoms with Crippen molar-refractivity contribution in [1.82, 2.24) is 9.97 Å². The number of rotatable bonds is 3. The highest BCUT2D eigenvalue weighted by atomic mass is 32.1. The molecule has 4 aromatic rings. The fourth-order valence-corrected chi connectivity index (χ4v) is 3.85. The van der Waals surface area contributed by atoms with Crippen LogP contribution < -0.4 is 0 Å². The predicted molar refractivity (Wildman–Crippen MR) is 99.8 cm³/mol. The van der Waals surface area contributed by atoms with Crippen LogP contribution >= 0.6 is 11.3 Å². The Labute approximate surface area is 145 Å². The third kappa shape index (κ3) is 2.42. The van der Waals surface area contributed by atoms with Crippen LogP contribution in [0, 0.1) is 0 Å². The van der Waals surface area contributed by atoms with Crippen LogP contribution in [-0.4, -0.2) is 9.97 Å². The fraction of sp³-hybridized carbons (Fsp3) is 0.300. The summed E-state index contributed by atoms with van der Waals surface area (Å²) in [4.78, 5) is 9.42. The van der Waals surface area contributed by atoms with Gasteiger partial charge in [-0.25, -0.2) is 9.97 Å². The number of aromatic nitrogens is 2. The second kappa shape index (κ2) is 5.42. The number of fused-ring (bicyclic) bond motifs is 2. The van der Waals surface area contributed by atoms with Crippen molar-refractivity contribution >= 4 is 32.7 Å². The van der Waals surface area contributed by atoms with Gasteiger partial charge in [0.05, 0.1) is 20.6 Å². The zero-order valence-electron chi connectivity index (χ0n) is 14.3. The number of benzene rings is 2. The lowest BCUT2D eigenvalue weighted by Gasteiger charge is -2.21. The minimum Gasteiger partial charge on any atom is -0.440 e. The minimum absolute atomic E-state index is 0.296. The molecule has 122 valence electrons. The van der Waals surface area contributed by atoms with Gasteiger partial charge >= 0.3 is 0 Å². The Morgan fingerprint density at radius 3 is 2.54 bits per heavy atom. The van der Waals surface area contributed by atoms with Crippen molar-refractivity contribution in [1.29, 1.82) is 0 Å². The molecule has 0 aliphatic rings. The lowest BCUT2D eigenvalue weighted by molar-refractivity contribution is 0.434. The van der Waals surface area contributed by atoms with Crippen LogP contribution in [0.2, 0.25) is 0 Å². The van der Waals surface area contributed by atoms with E-state index < -0.39 is 0 Å². The fourth-order valence-electron chi connectivity index (χ4n) is 2.84. The summed E-state index contributed by atoms with van der Waals surface area (Å²) in [5.74, 6) is 1.20. The van der Waals surface area contributed by atoms with E-state index in [1.54, 1.807) is 11.3 Å². The summed E-state index contributed by atoms with van der Waals surface area (Å²) in [7, 11) is 0. The molecule has 4 heteroatoms. The lowest BCUT2D eigenvalue weighted by atomic mass is 9.84. The van der Waals surface area contributed by atoms with E-state index >= 15 is 0 Å². The summed E-state index contributed by atoms with van der Waals surface area (Å²) in [5, 5.41) is 1.18. The van der Waals surface area contributed by atoms with E-state index in [1.165, 1.54) is 15.3 Å². The molecule has 2 heterocycles. The van der Waals surface area contributed by atoms with Gasteiger partial charge in [0.1, 0.15) is 5.52 Å². The molecule has 0 aliphatic heterocycles. The number of hydrogen-bond donors (Lipinski definition) is 0. The second-order valence-corrected chi connectivity index (χ2v) is 8.06. The summed E-state index contributed by atoms with van der Waals surface area (Å²) in [6, 6.07) is 14.4. The van der Waals surface area contributed by atoms with Gasteiger partial charge in [-0.2, -0.15) is 0 Å². The monoisotopic (exact) mass is 336 g/mol. The van der Waals surface area contributed by atoms with Crippen molar-refractivity contribution in [3.05, 3.63) is 58.9 Å². The van der Waals surface area contributed by atoms with Crippen molar-refractivity contribution in [2.45, 2.75) is 39.0 Å². The molecule has 0 spiro atoms. The van der Waals surface area contributed by atoms with E-state index in [1.807, 2.05) is 24.3 Å². The molecular weight excluding hydrogens is 316 g/mol. The summed E-state index contributed by atoms with van der Waals surface area (Å²) < 4.78 is 7.24. The highest BCUT2D eigenvalue weighted by Crippen LogP contribution is 2.36. The molecule has 0 aliphatic carbocycles. The molecule has 3 nitrogen and oxygen atoms in total. The van der Waals surface area contributed by atoms with E-state index in [-0.39, 0.29) is 5.41 Å². The van der Waals surface area contributed by atoms with Crippen LogP contribution in [0.3, 0.4) is 0 Å². The minimum atomic E-state index is -0.296. The van der Waals surface area contributed by atoms with Crippen LogP contribution in [0.5, 0.6) is 0 Å². The molecule has 24 heavy (non-hydrogen) atoms. The Balaban J connectivity index is 1.81. The van der Waals surface area contributed by atoms with Gasteiger partial charge in [-0.1, -0.05) is 32.0 Å².